The summed E-state index contributed by atoms with van der Waals surface area (Å²) in [5.41, 5.74) is 0.292. The summed E-state index contributed by atoms with van der Waals surface area (Å²) in [6, 6.07) is 4.16. The van der Waals surface area contributed by atoms with Gasteiger partial charge in [-0.2, -0.15) is 0 Å². The van der Waals surface area contributed by atoms with Crippen LogP contribution in [0.5, 0.6) is 0 Å². The van der Waals surface area contributed by atoms with Gasteiger partial charge in [0.2, 0.25) is 0 Å². The van der Waals surface area contributed by atoms with Gasteiger partial charge in [0.15, 0.2) is 0 Å². The van der Waals surface area contributed by atoms with Crippen molar-refractivity contribution in [2.45, 2.75) is 24.8 Å². The summed E-state index contributed by atoms with van der Waals surface area (Å²) >= 11 is 7.46. The Morgan fingerprint density at radius 2 is 2.00 bits per heavy atom. The predicted molar refractivity (Wildman–Crippen MR) is 77.0 cm³/mol. The summed E-state index contributed by atoms with van der Waals surface area (Å²) in [5, 5.41) is 11.9. The number of carboxylic acid groups (broad SMARTS) is 1. The third kappa shape index (κ3) is 4.14. The number of aliphatic carboxylic acids is 1. The lowest BCUT2D eigenvalue weighted by atomic mass is 10.0. The average molecular weight is 302 g/mol. The molecule has 0 radical (unpaired) electrons. The van der Waals surface area contributed by atoms with Crippen molar-refractivity contribution in [3.63, 3.8) is 0 Å². The fourth-order valence-electron chi connectivity index (χ4n) is 1.54. The van der Waals surface area contributed by atoms with E-state index in [4.69, 9.17) is 16.7 Å². The third-order valence-corrected chi connectivity index (χ3v) is 3.69. The van der Waals surface area contributed by atoms with Crippen LogP contribution < -0.4 is 5.32 Å². The van der Waals surface area contributed by atoms with Crippen LogP contribution in [-0.4, -0.2) is 29.3 Å². The van der Waals surface area contributed by atoms with Gasteiger partial charge in [-0.25, -0.2) is 4.79 Å². The van der Waals surface area contributed by atoms with Crippen LogP contribution in [0.3, 0.4) is 0 Å². The van der Waals surface area contributed by atoms with Crippen molar-refractivity contribution in [1.82, 2.24) is 5.32 Å². The SMILES string of the molecule is CSc1ccc(Cl)c(C(=O)N[C@H](C(=O)O)C(C)C)c1. The van der Waals surface area contributed by atoms with E-state index >= 15 is 0 Å². The summed E-state index contributed by atoms with van der Waals surface area (Å²) in [7, 11) is 0. The first-order chi connectivity index (χ1) is 8.86. The molecule has 1 amide bonds. The van der Waals surface area contributed by atoms with Gasteiger partial charge >= 0.3 is 5.97 Å². The molecule has 4 nitrogen and oxygen atoms in total. The van der Waals surface area contributed by atoms with Crippen LogP contribution in [0.1, 0.15) is 24.2 Å². The lowest BCUT2D eigenvalue weighted by Gasteiger charge is -2.18. The second kappa shape index (κ2) is 6.82. The number of carboxylic acids is 1. The first-order valence-corrected chi connectivity index (χ1v) is 7.34. The van der Waals surface area contributed by atoms with Gasteiger partial charge in [0, 0.05) is 4.90 Å². The molecule has 1 atom stereocenters. The van der Waals surface area contributed by atoms with Crippen molar-refractivity contribution in [2.24, 2.45) is 5.92 Å². The molecule has 0 aliphatic heterocycles. The molecule has 0 heterocycles. The smallest absolute Gasteiger partial charge is 0.326 e. The van der Waals surface area contributed by atoms with Crippen LogP contribution in [0.15, 0.2) is 23.1 Å². The molecular formula is C13H16ClNO3S. The zero-order valence-corrected chi connectivity index (χ0v) is 12.5. The fraction of sp³-hybridized carbons (Fsp3) is 0.385. The third-order valence-electron chi connectivity index (χ3n) is 2.64. The van der Waals surface area contributed by atoms with E-state index in [-0.39, 0.29) is 5.92 Å². The lowest BCUT2D eigenvalue weighted by molar-refractivity contribution is -0.140. The number of benzene rings is 1. The van der Waals surface area contributed by atoms with E-state index in [1.165, 1.54) is 11.8 Å². The number of nitrogens with one attached hydrogen (secondary N) is 1. The number of hydrogen-bond donors (Lipinski definition) is 2. The maximum atomic E-state index is 12.1. The molecule has 104 valence electrons. The lowest BCUT2D eigenvalue weighted by Crippen LogP contribution is -2.44. The highest BCUT2D eigenvalue weighted by Crippen LogP contribution is 2.23. The van der Waals surface area contributed by atoms with E-state index in [0.717, 1.165) is 4.90 Å². The van der Waals surface area contributed by atoms with Crippen LogP contribution >= 0.6 is 23.4 Å². The minimum atomic E-state index is -1.06. The normalized spacial score (nSPS) is 12.3. The molecule has 0 aliphatic rings. The Morgan fingerprint density at radius 3 is 2.47 bits per heavy atom. The van der Waals surface area contributed by atoms with Gasteiger partial charge in [-0.05, 0) is 30.4 Å². The van der Waals surface area contributed by atoms with Crippen LogP contribution in [0, 0.1) is 5.92 Å². The number of carbonyl (C=O) groups excluding carboxylic acids is 1. The van der Waals surface area contributed by atoms with Crippen LogP contribution in [0.4, 0.5) is 0 Å². The van der Waals surface area contributed by atoms with Gasteiger partial charge in [0.25, 0.3) is 5.91 Å². The Hall–Kier alpha value is -1.20. The van der Waals surface area contributed by atoms with E-state index in [1.807, 2.05) is 6.26 Å². The van der Waals surface area contributed by atoms with Crippen molar-refractivity contribution >= 4 is 35.2 Å². The summed E-state index contributed by atoms with van der Waals surface area (Å²) in [4.78, 5) is 24.0. The molecule has 1 rings (SSSR count). The van der Waals surface area contributed by atoms with E-state index in [2.05, 4.69) is 5.32 Å². The molecule has 0 bridgehead atoms. The number of halogens is 1. The number of hydrogen-bond acceptors (Lipinski definition) is 3. The summed E-state index contributed by atoms with van der Waals surface area (Å²) in [5.74, 6) is -1.73. The highest BCUT2D eigenvalue weighted by molar-refractivity contribution is 7.98. The molecule has 0 spiro atoms. The summed E-state index contributed by atoms with van der Waals surface area (Å²) < 4.78 is 0. The minimum Gasteiger partial charge on any atom is -0.480 e. The van der Waals surface area contributed by atoms with Crippen molar-refractivity contribution in [3.8, 4) is 0 Å². The molecule has 2 N–H and O–H groups in total. The first-order valence-electron chi connectivity index (χ1n) is 5.74. The molecule has 0 aliphatic carbocycles. The highest BCUT2D eigenvalue weighted by Gasteiger charge is 2.24. The molecule has 1 aromatic carbocycles. The second-order valence-electron chi connectivity index (χ2n) is 4.38. The van der Waals surface area contributed by atoms with Gasteiger partial charge in [0.1, 0.15) is 6.04 Å². The molecule has 0 saturated heterocycles. The minimum absolute atomic E-state index is 0.205. The maximum absolute atomic E-state index is 12.1. The Balaban J connectivity index is 2.97. The first kappa shape index (κ1) is 15.9. The summed E-state index contributed by atoms with van der Waals surface area (Å²) in [6.45, 7) is 3.47. The standard InChI is InChI=1S/C13H16ClNO3S/c1-7(2)11(13(17)18)15-12(16)9-6-8(19-3)4-5-10(9)14/h4-7,11H,1-3H3,(H,15,16)(H,17,18)/t11-/m0/s1. The van der Waals surface area contributed by atoms with E-state index < -0.39 is 17.9 Å². The van der Waals surface area contributed by atoms with Crippen LogP contribution in [0.25, 0.3) is 0 Å². The van der Waals surface area contributed by atoms with E-state index in [9.17, 15) is 9.59 Å². The fourth-order valence-corrected chi connectivity index (χ4v) is 2.18. The maximum Gasteiger partial charge on any atom is 0.326 e. The van der Waals surface area contributed by atoms with Crippen molar-refractivity contribution < 1.29 is 14.7 Å². The molecule has 0 aromatic heterocycles. The zero-order valence-electron chi connectivity index (χ0n) is 10.9. The van der Waals surface area contributed by atoms with Crippen LogP contribution in [0.2, 0.25) is 5.02 Å². The van der Waals surface area contributed by atoms with Gasteiger partial charge in [-0.3, -0.25) is 4.79 Å². The molecule has 6 heteroatoms. The predicted octanol–water partition coefficient (Wildman–Crippen LogP) is 2.90. The molecule has 0 unspecified atom stereocenters. The number of amides is 1. The topological polar surface area (TPSA) is 66.4 Å². The molecular weight excluding hydrogens is 286 g/mol. The number of thioether (sulfide) groups is 1. The monoisotopic (exact) mass is 301 g/mol. The molecule has 1 aromatic rings. The highest BCUT2D eigenvalue weighted by atomic mass is 35.5. The average Bonchev–Trinajstić information content (AvgIpc) is 2.35. The number of rotatable bonds is 5. The van der Waals surface area contributed by atoms with E-state index in [0.29, 0.717) is 10.6 Å². The van der Waals surface area contributed by atoms with Crippen molar-refractivity contribution in [1.29, 1.82) is 0 Å². The van der Waals surface area contributed by atoms with Gasteiger partial charge in [-0.1, -0.05) is 25.4 Å². The molecule has 0 fully saturated rings. The Kier molecular flexibility index (Phi) is 5.69. The Bertz CT molecular complexity index is 491. The van der Waals surface area contributed by atoms with Gasteiger partial charge in [0.05, 0.1) is 10.6 Å². The van der Waals surface area contributed by atoms with Crippen molar-refractivity contribution in [2.75, 3.05) is 6.26 Å². The Labute approximate surface area is 121 Å². The quantitative estimate of drug-likeness (QED) is 0.821. The van der Waals surface area contributed by atoms with E-state index in [1.54, 1.807) is 32.0 Å². The second-order valence-corrected chi connectivity index (χ2v) is 5.67. The van der Waals surface area contributed by atoms with Gasteiger partial charge in [-0.15, -0.1) is 11.8 Å². The Morgan fingerprint density at radius 1 is 1.37 bits per heavy atom. The zero-order chi connectivity index (χ0) is 14.6. The largest absolute Gasteiger partial charge is 0.480 e. The van der Waals surface area contributed by atoms with Crippen molar-refractivity contribution in [3.05, 3.63) is 28.8 Å². The molecule has 0 saturated carbocycles. The summed E-state index contributed by atoms with van der Waals surface area (Å²) in [6.07, 6.45) is 1.89. The molecule has 19 heavy (non-hydrogen) atoms. The number of carbonyl (C=O) groups is 2. The van der Waals surface area contributed by atoms with Crippen LogP contribution in [-0.2, 0) is 4.79 Å². The van der Waals surface area contributed by atoms with Gasteiger partial charge < -0.3 is 10.4 Å².